The van der Waals surface area contributed by atoms with Gasteiger partial charge in [0.2, 0.25) is 5.89 Å². The van der Waals surface area contributed by atoms with Gasteiger partial charge in [0.1, 0.15) is 0 Å². The second kappa shape index (κ2) is 4.83. The molecule has 0 unspecified atom stereocenters. The van der Waals surface area contributed by atoms with Gasteiger partial charge < -0.3 is 14.4 Å². The predicted molar refractivity (Wildman–Crippen MR) is 69.9 cm³/mol. The van der Waals surface area contributed by atoms with Gasteiger partial charge in [-0.1, -0.05) is 5.16 Å². The minimum absolute atomic E-state index is 0.175. The van der Waals surface area contributed by atoms with Crippen molar-refractivity contribution in [3.63, 3.8) is 0 Å². The molecule has 0 aliphatic carbocycles. The van der Waals surface area contributed by atoms with Gasteiger partial charge in [0.25, 0.3) is 5.56 Å². The molecule has 0 radical (unpaired) electrons. The van der Waals surface area contributed by atoms with E-state index >= 15 is 0 Å². The van der Waals surface area contributed by atoms with E-state index in [9.17, 15) is 4.79 Å². The summed E-state index contributed by atoms with van der Waals surface area (Å²) in [4.78, 5) is 20.3. The quantitative estimate of drug-likeness (QED) is 0.898. The van der Waals surface area contributed by atoms with E-state index in [4.69, 9.17) is 4.52 Å². The van der Waals surface area contributed by atoms with Crippen molar-refractivity contribution in [1.29, 1.82) is 0 Å². The zero-order chi connectivity index (χ0) is 14.0. The summed E-state index contributed by atoms with van der Waals surface area (Å²) in [7, 11) is 0. The van der Waals surface area contributed by atoms with E-state index in [0.717, 1.165) is 0 Å². The number of hydrogen-bond acceptors (Lipinski definition) is 6. The van der Waals surface area contributed by atoms with Crippen molar-refractivity contribution in [3.8, 4) is 0 Å². The Hall–Kier alpha value is -2.18. The van der Waals surface area contributed by atoms with Gasteiger partial charge in [-0.3, -0.25) is 4.79 Å². The van der Waals surface area contributed by atoms with Gasteiger partial charge >= 0.3 is 0 Å². The number of aryl methyl sites for hydroxylation is 1. The SMILES string of the molecule is Cc1noc(CNc2nccn(C(C)(C)C)c2=O)n1. The largest absolute Gasteiger partial charge is 0.356 e. The van der Waals surface area contributed by atoms with Crippen LogP contribution >= 0.6 is 0 Å². The maximum Gasteiger partial charge on any atom is 0.293 e. The number of nitrogens with zero attached hydrogens (tertiary/aromatic N) is 4. The molecule has 2 heterocycles. The minimum Gasteiger partial charge on any atom is -0.356 e. The maximum absolute atomic E-state index is 12.2. The molecule has 0 aromatic carbocycles. The molecule has 2 aromatic rings. The van der Waals surface area contributed by atoms with Gasteiger partial charge in [-0.25, -0.2) is 4.98 Å². The summed E-state index contributed by atoms with van der Waals surface area (Å²) in [6, 6.07) is 0. The highest BCUT2D eigenvalue weighted by atomic mass is 16.5. The summed E-state index contributed by atoms with van der Waals surface area (Å²) in [5, 5.41) is 6.59. The van der Waals surface area contributed by atoms with Crippen molar-refractivity contribution in [2.75, 3.05) is 5.32 Å². The molecule has 7 nitrogen and oxygen atoms in total. The Bertz CT molecular complexity index is 624. The fourth-order valence-electron chi connectivity index (χ4n) is 1.63. The standard InChI is InChI=1S/C12H17N5O2/c1-8-15-9(19-16-8)7-14-10-11(18)17(6-5-13-10)12(2,3)4/h5-6H,7H2,1-4H3,(H,13,14). The fraction of sp³-hybridized carbons (Fsp3) is 0.500. The molecule has 0 saturated heterocycles. The second-order valence-corrected chi connectivity index (χ2v) is 5.21. The zero-order valence-corrected chi connectivity index (χ0v) is 11.5. The molecule has 2 rings (SSSR count). The van der Waals surface area contributed by atoms with E-state index in [1.807, 2.05) is 20.8 Å². The number of nitrogens with one attached hydrogen (secondary N) is 1. The molecule has 0 spiro atoms. The first-order valence-electron chi connectivity index (χ1n) is 5.99. The summed E-state index contributed by atoms with van der Waals surface area (Å²) in [5.41, 5.74) is -0.469. The Balaban J connectivity index is 2.20. The minimum atomic E-state index is -0.294. The normalized spacial score (nSPS) is 11.6. The predicted octanol–water partition coefficient (Wildman–Crippen LogP) is 1.30. The molecular weight excluding hydrogens is 246 g/mol. The van der Waals surface area contributed by atoms with E-state index in [0.29, 0.717) is 11.7 Å². The fourth-order valence-corrected chi connectivity index (χ4v) is 1.63. The lowest BCUT2D eigenvalue weighted by Gasteiger charge is -2.22. The monoisotopic (exact) mass is 263 g/mol. The molecule has 0 amide bonds. The Morgan fingerprint density at radius 2 is 2.16 bits per heavy atom. The second-order valence-electron chi connectivity index (χ2n) is 5.21. The van der Waals surface area contributed by atoms with Crippen molar-refractivity contribution in [2.45, 2.75) is 39.8 Å². The molecule has 102 valence electrons. The van der Waals surface area contributed by atoms with Crippen LogP contribution in [0.5, 0.6) is 0 Å². The summed E-state index contributed by atoms with van der Waals surface area (Å²) in [5.74, 6) is 1.25. The van der Waals surface area contributed by atoms with Crippen LogP contribution in [0, 0.1) is 6.92 Å². The van der Waals surface area contributed by atoms with Crippen LogP contribution in [0.25, 0.3) is 0 Å². The number of rotatable bonds is 3. The smallest absolute Gasteiger partial charge is 0.293 e. The number of anilines is 1. The molecule has 0 aliphatic heterocycles. The Kier molecular flexibility index (Phi) is 3.37. The molecule has 19 heavy (non-hydrogen) atoms. The van der Waals surface area contributed by atoms with Gasteiger partial charge in [-0.05, 0) is 27.7 Å². The summed E-state index contributed by atoms with van der Waals surface area (Å²) in [6.45, 7) is 7.89. The third kappa shape index (κ3) is 2.98. The topological polar surface area (TPSA) is 85.8 Å². The lowest BCUT2D eigenvalue weighted by atomic mass is 10.1. The van der Waals surface area contributed by atoms with Gasteiger partial charge in [0, 0.05) is 17.9 Å². The van der Waals surface area contributed by atoms with Crippen LogP contribution in [0.2, 0.25) is 0 Å². The van der Waals surface area contributed by atoms with Gasteiger partial charge in [-0.2, -0.15) is 4.98 Å². The van der Waals surface area contributed by atoms with Crippen LogP contribution in [0.4, 0.5) is 5.82 Å². The van der Waals surface area contributed by atoms with Gasteiger partial charge in [-0.15, -0.1) is 0 Å². The molecule has 2 aromatic heterocycles. The third-order valence-corrected chi connectivity index (χ3v) is 2.54. The maximum atomic E-state index is 12.2. The number of hydrogen-bond donors (Lipinski definition) is 1. The molecule has 0 atom stereocenters. The molecule has 0 saturated carbocycles. The average molecular weight is 263 g/mol. The third-order valence-electron chi connectivity index (χ3n) is 2.54. The summed E-state index contributed by atoms with van der Waals surface area (Å²) in [6.07, 6.45) is 3.26. The van der Waals surface area contributed by atoms with Crippen LogP contribution in [-0.2, 0) is 12.1 Å². The Morgan fingerprint density at radius 3 is 2.74 bits per heavy atom. The van der Waals surface area contributed by atoms with Crippen LogP contribution < -0.4 is 10.9 Å². The number of aromatic nitrogens is 4. The molecule has 0 bridgehead atoms. The first-order chi connectivity index (χ1) is 8.88. The van der Waals surface area contributed by atoms with Crippen molar-refractivity contribution < 1.29 is 4.52 Å². The molecule has 1 N–H and O–H groups in total. The highest BCUT2D eigenvalue weighted by molar-refractivity contribution is 5.31. The zero-order valence-electron chi connectivity index (χ0n) is 11.5. The van der Waals surface area contributed by atoms with E-state index < -0.39 is 0 Å². The lowest BCUT2D eigenvalue weighted by molar-refractivity contribution is 0.377. The van der Waals surface area contributed by atoms with Gasteiger partial charge in [0.15, 0.2) is 11.6 Å². The molecule has 0 aliphatic rings. The Labute approximate surface area is 110 Å². The van der Waals surface area contributed by atoms with Crippen molar-refractivity contribution in [2.24, 2.45) is 0 Å². The van der Waals surface area contributed by atoms with Crippen molar-refractivity contribution in [1.82, 2.24) is 19.7 Å². The summed E-state index contributed by atoms with van der Waals surface area (Å²) >= 11 is 0. The van der Waals surface area contributed by atoms with Crippen LogP contribution in [0.15, 0.2) is 21.7 Å². The lowest BCUT2D eigenvalue weighted by Crippen LogP contribution is -2.35. The first kappa shape index (κ1) is 13.3. The molecular formula is C12H17N5O2. The van der Waals surface area contributed by atoms with Crippen molar-refractivity contribution in [3.05, 3.63) is 34.5 Å². The molecule has 7 heteroatoms. The molecule has 0 fully saturated rings. The van der Waals surface area contributed by atoms with Crippen LogP contribution in [0.1, 0.15) is 32.5 Å². The van der Waals surface area contributed by atoms with E-state index in [2.05, 4.69) is 20.4 Å². The van der Waals surface area contributed by atoms with Gasteiger partial charge in [0.05, 0.1) is 6.54 Å². The summed E-state index contributed by atoms with van der Waals surface area (Å²) < 4.78 is 6.59. The first-order valence-corrected chi connectivity index (χ1v) is 5.99. The van der Waals surface area contributed by atoms with Crippen LogP contribution in [0.3, 0.4) is 0 Å². The van der Waals surface area contributed by atoms with Crippen LogP contribution in [-0.4, -0.2) is 19.7 Å². The van der Waals surface area contributed by atoms with E-state index in [1.165, 1.54) is 0 Å². The van der Waals surface area contributed by atoms with E-state index in [1.54, 1.807) is 23.9 Å². The highest BCUT2D eigenvalue weighted by Crippen LogP contribution is 2.11. The average Bonchev–Trinajstić information content (AvgIpc) is 2.72. The van der Waals surface area contributed by atoms with E-state index in [-0.39, 0.29) is 23.5 Å². The Morgan fingerprint density at radius 1 is 1.42 bits per heavy atom. The highest BCUT2D eigenvalue weighted by Gasteiger charge is 2.16. The van der Waals surface area contributed by atoms with Crippen molar-refractivity contribution >= 4 is 5.82 Å².